The lowest BCUT2D eigenvalue weighted by molar-refractivity contribution is 0.0652. The van der Waals surface area contributed by atoms with Crippen molar-refractivity contribution in [3.8, 4) is 0 Å². The zero-order chi connectivity index (χ0) is 16.1. The zero-order valence-electron chi connectivity index (χ0n) is 12.9. The van der Waals surface area contributed by atoms with Crippen molar-refractivity contribution in [2.75, 3.05) is 6.54 Å². The Balaban J connectivity index is 1.46. The molecular weight excluding hydrogens is 286 g/mol. The van der Waals surface area contributed by atoms with Crippen molar-refractivity contribution < 1.29 is 9.59 Å². The Morgan fingerprint density at radius 1 is 0.783 bits per heavy atom. The minimum Gasteiger partial charge on any atom is -0.274 e. The lowest BCUT2D eigenvalue weighted by atomic mass is 10.1. The third-order valence-electron chi connectivity index (χ3n) is 3.99. The molecule has 0 aliphatic carbocycles. The molecule has 0 aromatic heterocycles. The van der Waals surface area contributed by atoms with Gasteiger partial charge in [-0.25, -0.2) is 0 Å². The predicted molar refractivity (Wildman–Crippen MR) is 91.1 cm³/mol. The summed E-state index contributed by atoms with van der Waals surface area (Å²) >= 11 is 0. The molecule has 0 N–H and O–H groups in total. The first-order valence-electron chi connectivity index (χ1n) is 7.94. The number of imide groups is 1. The molecule has 0 unspecified atom stereocenters. The number of carbonyl (C=O) groups excluding carboxylic acids is 2. The normalized spacial score (nSPS) is 13.8. The maximum atomic E-state index is 12.2. The fourth-order valence-corrected chi connectivity index (χ4v) is 2.76. The monoisotopic (exact) mass is 305 g/mol. The van der Waals surface area contributed by atoms with Crippen LogP contribution in [0.2, 0.25) is 0 Å². The SMILES string of the molecule is O=C1c2ccccc2C(=O)N1CCCC/C=C/c1ccccc1. The van der Waals surface area contributed by atoms with Crippen molar-refractivity contribution in [2.24, 2.45) is 0 Å². The van der Waals surface area contributed by atoms with Gasteiger partial charge in [-0.1, -0.05) is 54.6 Å². The molecule has 2 aromatic rings. The number of benzene rings is 2. The van der Waals surface area contributed by atoms with Crippen LogP contribution < -0.4 is 0 Å². The Morgan fingerprint density at radius 2 is 1.39 bits per heavy atom. The second kappa shape index (κ2) is 7.05. The highest BCUT2D eigenvalue weighted by molar-refractivity contribution is 6.21. The van der Waals surface area contributed by atoms with Gasteiger partial charge in [0.25, 0.3) is 11.8 Å². The van der Waals surface area contributed by atoms with E-state index in [9.17, 15) is 9.59 Å². The van der Waals surface area contributed by atoms with Crippen LogP contribution >= 0.6 is 0 Å². The summed E-state index contributed by atoms with van der Waals surface area (Å²) in [4.78, 5) is 25.8. The van der Waals surface area contributed by atoms with Crippen LogP contribution in [0, 0.1) is 0 Å². The van der Waals surface area contributed by atoms with Crippen molar-refractivity contribution in [2.45, 2.75) is 19.3 Å². The minimum absolute atomic E-state index is 0.162. The standard InChI is InChI=1S/C20H19NO2/c22-19-17-13-7-8-14-18(17)20(23)21(19)15-9-2-1-4-10-16-11-5-3-6-12-16/h3-8,10-14H,1-2,9,15H2/b10-4+. The van der Waals surface area contributed by atoms with E-state index >= 15 is 0 Å². The summed E-state index contributed by atoms with van der Waals surface area (Å²) < 4.78 is 0. The molecule has 3 nitrogen and oxygen atoms in total. The number of nitrogens with zero attached hydrogens (tertiary/aromatic N) is 1. The summed E-state index contributed by atoms with van der Waals surface area (Å²) in [5.74, 6) is -0.323. The summed E-state index contributed by atoms with van der Waals surface area (Å²) in [6.07, 6.45) is 6.96. The van der Waals surface area contributed by atoms with Crippen LogP contribution in [0.3, 0.4) is 0 Å². The molecule has 1 aliphatic rings. The minimum atomic E-state index is -0.162. The smallest absolute Gasteiger partial charge is 0.261 e. The number of hydrogen-bond donors (Lipinski definition) is 0. The van der Waals surface area contributed by atoms with E-state index in [1.54, 1.807) is 24.3 Å². The zero-order valence-corrected chi connectivity index (χ0v) is 12.9. The molecule has 0 radical (unpaired) electrons. The van der Waals surface area contributed by atoms with Crippen LogP contribution in [0.1, 0.15) is 45.5 Å². The van der Waals surface area contributed by atoms with Crippen LogP contribution in [0.25, 0.3) is 6.08 Å². The lowest BCUT2D eigenvalue weighted by Crippen LogP contribution is -2.30. The molecule has 0 saturated heterocycles. The van der Waals surface area contributed by atoms with Crippen LogP contribution in [0.15, 0.2) is 60.7 Å². The Hall–Kier alpha value is -2.68. The lowest BCUT2D eigenvalue weighted by Gasteiger charge is -2.12. The largest absolute Gasteiger partial charge is 0.274 e. The van der Waals surface area contributed by atoms with Gasteiger partial charge < -0.3 is 0 Å². The number of hydrogen-bond acceptors (Lipinski definition) is 2. The molecule has 0 fully saturated rings. The summed E-state index contributed by atoms with van der Waals surface area (Å²) in [5.41, 5.74) is 2.25. The van der Waals surface area contributed by atoms with Gasteiger partial charge in [-0.3, -0.25) is 14.5 Å². The van der Waals surface area contributed by atoms with Gasteiger partial charge in [-0.15, -0.1) is 0 Å². The highest BCUT2D eigenvalue weighted by Gasteiger charge is 2.34. The molecular formula is C20H19NO2. The van der Waals surface area contributed by atoms with E-state index in [0.717, 1.165) is 19.3 Å². The van der Waals surface area contributed by atoms with E-state index in [1.165, 1.54) is 10.5 Å². The van der Waals surface area contributed by atoms with Crippen molar-refractivity contribution >= 4 is 17.9 Å². The van der Waals surface area contributed by atoms with Gasteiger partial charge in [0.2, 0.25) is 0 Å². The Morgan fingerprint density at radius 3 is 2.04 bits per heavy atom. The van der Waals surface area contributed by atoms with Gasteiger partial charge in [0.1, 0.15) is 0 Å². The van der Waals surface area contributed by atoms with Crippen LogP contribution in [-0.4, -0.2) is 23.3 Å². The molecule has 1 aliphatic heterocycles. The molecule has 0 bridgehead atoms. The fraction of sp³-hybridized carbons (Fsp3) is 0.200. The molecule has 2 aromatic carbocycles. The first kappa shape index (κ1) is 15.2. The number of fused-ring (bicyclic) bond motifs is 1. The molecule has 3 heteroatoms. The second-order valence-electron chi connectivity index (χ2n) is 5.62. The maximum absolute atomic E-state index is 12.2. The quantitative estimate of drug-likeness (QED) is 0.593. The summed E-state index contributed by atoms with van der Waals surface area (Å²) in [5, 5.41) is 0. The van der Waals surface area contributed by atoms with E-state index in [-0.39, 0.29) is 11.8 Å². The Kier molecular flexibility index (Phi) is 4.67. The molecule has 23 heavy (non-hydrogen) atoms. The summed E-state index contributed by atoms with van der Waals surface area (Å²) in [7, 11) is 0. The van der Waals surface area contributed by atoms with Crippen molar-refractivity contribution in [1.29, 1.82) is 0 Å². The highest BCUT2D eigenvalue weighted by atomic mass is 16.2. The first-order valence-corrected chi connectivity index (χ1v) is 7.94. The fourth-order valence-electron chi connectivity index (χ4n) is 2.76. The first-order chi connectivity index (χ1) is 11.3. The number of unbranched alkanes of at least 4 members (excludes halogenated alkanes) is 2. The topological polar surface area (TPSA) is 37.4 Å². The number of amides is 2. The molecule has 0 spiro atoms. The average molecular weight is 305 g/mol. The van der Waals surface area contributed by atoms with E-state index in [2.05, 4.69) is 24.3 Å². The molecule has 0 saturated carbocycles. The van der Waals surface area contributed by atoms with Crippen LogP contribution in [0.5, 0.6) is 0 Å². The Labute approximate surface area is 136 Å². The average Bonchev–Trinajstić information content (AvgIpc) is 2.84. The van der Waals surface area contributed by atoms with Crippen LogP contribution in [-0.2, 0) is 0 Å². The van der Waals surface area contributed by atoms with Gasteiger partial charge in [-0.2, -0.15) is 0 Å². The van der Waals surface area contributed by atoms with Crippen molar-refractivity contribution in [1.82, 2.24) is 4.90 Å². The van der Waals surface area contributed by atoms with Gasteiger partial charge >= 0.3 is 0 Å². The number of allylic oxidation sites excluding steroid dienone is 1. The van der Waals surface area contributed by atoms with Gasteiger partial charge in [-0.05, 0) is 37.0 Å². The predicted octanol–water partition coefficient (Wildman–Crippen LogP) is 4.17. The number of carbonyl (C=O) groups is 2. The molecule has 116 valence electrons. The highest BCUT2D eigenvalue weighted by Crippen LogP contribution is 2.22. The maximum Gasteiger partial charge on any atom is 0.261 e. The summed E-state index contributed by atoms with van der Waals surface area (Å²) in [6, 6.07) is 17.2. The third-order valence-corrected chi connectivity index (χ3v) is 3.99. The Bertz CT molecular complexity index is 699. The summed E-state index contributed by atoms with van der Waals surface area (Å²) in [6.45, 7) is 0.492. The van der Waals surface area contributed by atoms with Gasteiger partial charge in [0.15, 0.2) is 0 Å². The van der Waals surface area contributed by atoms with Gasteiger partial charge in [0, 0.05) is 6.54 Å². The van der Waals surface area contributed by atoms with E-state index in [4.69, 9.17) is 0 Å². The van der Waals surface area contributed by atoms with Crippen molar-refractivity contribution in [3.05, 3.63) is 77.4 Å². The molecule has 1 heterocycles. The molecule has 2 amide bonds. The van der Waals surface area contributed by atoms with Crippen LogP contribution in [0.4, 0.5) is 0 Å². The van der Waals surface area contributed by atoms with Crippen molar-refractivity contribution in [3.63, 3.8) is 0 Å². The second-order valence-corrected chi connectivity index (χ2v) is 5.62. The molecule has 3 rings (SSSR count). The molecule has 0 atom stereocenters. The van der Waals surface area contributed by atoms with E-state index in [0.29, 0.717) is 17.7 Å². The van der Waals surface area contributed by atoms with E-state index in [1.807, 2.05) is 18.2 Å². The van der Waals surface area contributed by atoms with Gasteiger partial charge in [0.05, 0.1) is 11.1 Å². The van der Waals surface area contributed by atoms with E-state index < -0.39 is 0 Å². The number of rotatable bonds is 6. The third kappa shape index (κ3) is 3.39.